The quantitative estimate of drug-likeness (QED) is 0.250. The van der Waals surface area contributed by atoms with Crippen molar-refractivity contribution in [1.82, 2.24) is 20.2 Å². The van der Waals surface area contributed by atoms with E-state index < -0.39 is 57.8 Å². The Morgan fingerprint density at radius 3 is 2.08 bits per heavy atom. The number of nitrogens with zero attached hydrogens (tertiary/aromatic N) is 3. The molecule has 1 atom stereocenters. The molecule has 1 aliphatic rings. The fourth-order valence-electron chi connectivity index (χ4n) is 4.95. The second kappa shape index (κ2) is 11.8. The Balaban J connectivity index is 1.63. The molecule has 0 bridgehead atoms. The zero-order valence-corrected chi connectivity index (χ0v) is 21.3. The van der Waals surface area contributed by atoms with E-state index in [1.807, 2.05) is 4.90 Å². The molecule has 3 aromatic rings. The van der Waals surface area contributed by atoms with Crippen LogP contribution in [0.4, 0.5) is 17.6 Å². The molecule has 1 saturated heterocycles. The molecule has 1 fully saturated rings. The van der Waals surface area contributed by atoms with Crippen LogP contribution in [0.15, 0.2) is 43.0 Å². The molecule has 0 spiro atoms. The Labute approximate surface area is 222 Å². The summed E-state index contributed by atoms with van der Waals surface area (Å²) in [5.41, 5.74) is -2.22. The highest BCUT2D eigenvalue weighted by Gasteiger charge is 2.36. The molecule has 1 aromatic heterocycles. The highest BCUT2D eigenvalue weighted by molar-refractivity contribution is 6.20. The Kier molecular flexibility index (Phi) is 8.49. The van der Waals surface area contributed by atoms with Gasteiger partial charge in [-0.3, -0.25) is 19.3 Å². The lowest BCUT2D eigenvalue weighted by atomic mass is 9.89. The molecule has 2 aromatic carbocycles. The minimum Gasteiger partial charge on any atom is -0.336 e. The van der Waals surface area contributed by atoms with Gasteiger partial charge < -0.3 is 5.32 Å². The van der Waals surface area contributed by atoms with E-state index >= 15 is 4.39 Å². The summed E-state index contributed by atoms with van der Waals surface area (Å²) < 4.78 is 57.7. The zero-order chi connectivity index (χ0) is 28.3. The number of ketones is 2. The average molecular weight is 543 g/mol. The van der Waals surface area contributed by atoms with E-state index in [2.05, 4.69) is 15.3 Å². The summed E-state index contributed by atoms with van der Waals surface area (Å²) in [6.07, 6.45) is 4.41. The molecule has 0 radical (unpaired) electrons. The maximum Gasteiger partial charge on any atom is 0.256 e. The van der Waals surface area contributed by atoms with Crippen molar-refractivity contribution in [2.75, 3.05) is 13.1 Å². The smallest absolute Gasteiger partial charge is 0.256 e. The molecule has 7 nitrogen and oxygen atoms in total. The summed E-state index contributed by atoms with van der Waals surface area (Å²) >= 11 is 0. The van der Waals surface area contributed by atoms with Gasteiger partial charge in [-0.15, -0.1) is 0 Å². The first kappa shape index (κ1) is 28.0. The number of amides is 1. The van der Waals surface area contributed by atoms with Gasteiger partial charge in [0.15, 0.2) is 29.0 Å². The first-order valence-electron chi connectivity index (χ1n) is 12.4. The van der Waals surface area contributed by atoms with Crippen LogP contribution in [-0.4, -0.2) is 51.6 Å². The summed E-state index contributed by atoms with van der Waals surface area (Å²) in [6, 6.07) is 6.29. The van der Waals surface area contributed by atoms with Gasteiger partial charge in [0.1, 0.15) is 12.1 Å². The third-order valence-corrected chi connectivity index (χ3v) is 6.95. The molecule has 1 aliphatic heterocycles. The predicted octanol–water partition coefficient (Wildman–Crippen LogP) is 4.81. The number of piperidine rings is 1. The van der Waals surface area contributed by atoms with Crippen molar-refractivity contribution >= 4 is 17.5 Å². The van der Waals surface area contributed by atoms with Crippen molar-refractivity contribution in [3.8, 4) is 0 Å². The number of carbonyl (C=O) groups excluding carboxylic acids is 3. The Morgan fingerprint density at radius 1 is 0.923 bits per heavy atom. The second-order valence-electron chi connectivity index (χ2n) is 9.34. The number of Topliss-reactive ketones (excluding diaryl/α,β-unsaturated/α-hetero) is 1. The number of benzene rings is 2. The third kappa shape index (κ3) is 5.73. The number of rotatable bonds is 8. The monoisotopic (exact) mass is 542 g/mol. The minimum atomic E-state index is -2.03. The summed E-state index contributed by atoms with van der Waals surface area (Å²) in [5.74, 6) is -9.21. The van der Waals surface area contributed by atoms with E-state index in [1.54, 1.807) is 19.1 Å². The van der Waals surface area contributed by atoms with Gasteiger partial charge >= 0.3 is 0 Å². The van der Waals surface area contributed by atoms with Crippen molar-refractivity contribution in [3.63, 3.8) is 0 Å². The van der Waals surface area contributed by atoms with Crippen LogP contribution in [0.5, 0.6) is 0 Å². The van der Waals surface area contributed by atoms with Crippen molar-refractivity contribution in [2.45, 2.75) is 45.2 Å². The fraction of sp³-hybridized carbons (Fsp3) is 0.321. The van der Waals surface area contributed by atoms with E-state index in [9.17, 15) is 27.6 Å². The normalized spacial score (nSPS) is 15.1. The van der Waals surface area contributed by atoms with Crippen molar-refractivity contribution in [2.24, 2.45) is 0 Å². The van der Waals surface area contributed by atoms with Crippen molar-refractivity contribution in [1.29, 1.82) is 0 Å². The summed E-state index contributed by atoms with van der Waals surface area (Å²) in [6.45, 7) is 3.77. The Morgan fingerprint density at radius 2 is 1.51 bits per heavy atom. The van der Waals surface area contributed by atoms with E-state index in [1.165, 1.54) is 12.1 Å². The Bertz CT molecular complexity index is 1390. The molecule has 1 N–H and O–H groups in total. The number of carbonyl (C=O) groups is 3. The van der Waals surface area contributed by atoms with Gasteiger partial charge in [-0.25, -0.2) is 27.5 Å². The number of halogens is 4. The number of nitrogens with one attached hydrogen (secondary N) is 1. The number of hydrogen-bond donors (Lipinski definition) is 1. The van der Waals surface area contributed by atoms with Gasteiger partial charge in [-0.2, -0.15) is 0 Å². The van der Waals surface area contributed by atoms with Crippen LogP contribution in [0.2, 0.25) is 0 Å². The molecule has 0 saturated carbocycles. The van der Waals surface area contributed by atoms with E-state index in [0.29, 0.717) is 32.4 Å². The zero-order valence-electron chi connectivity index (χ0n) is 21.3. The van der Waals surface area contributed by atoms with Crippen LogP contribution in [0.3, 0.4) is 0 Å². The summed E-state index contributed by atoms with van der Waals surface area (Å²) in [4.78, 5) is 48.3. The lowest BCUT2D eigenvalue weighted by molar-refractivity contribution is 0.0783. The second-order valence-corrected chi connectivity index (χ2v) is 9.34. The maximum absolute atomic E-state index is 15.1. The van der Waals surface area contributed by atoms with Crippen LogP contribution < -0.4 is 5.32 Å². The minimum absolute atomic E-state index is 0.189. The highest BCUT2D eigenvalue weighted by atomic mass is 19.2. The van der Waals surface area contributed by atoms with Gasteiger partial charge in [0.2, 0.25) is 0 Å². The van der Waals surface area contributed by atoms with E-state index in [0.717, 1.165) is 31.2 Å². The SMILES string of the molecule is CCC(NC(=O)c1c(F)c(F)c(F)c(C(C)=O)c1C(=O)c1cncnc1)N1CCC(c2ccc(F)cc2)CC1. The van der Waals surface area contributed by atoms with Crippen LogP contribution >= 0.6 is 0 Å². The molecule has 1 unspecified atom stereocenters. The molecule has 204 valence electrons. The molecule has 1 amide bonds. The molecule has 39 heavy (non-hydrogen) atoms. The lowest BCUT2D eigenvalue weighted by Crippen LogP contribution is -2.51. The summed E-state index contributed by atoms with van der Waals surface area (Å²) in [7, 11) is 0. The van der Waals surface area contributed by atoms with Gasteiger partial charge in [-0.1, -0.05) is 19.1 Å². The largest absolute Gasteiger partial charge is 0.336 e. The lowest BCUT2D eigenvalue weighted by Gasteiger charge is -2.37. The van der Waals surface area contributed by atoms with Crippen LogP contribution in [0.1, 0.15) is 81.2 Å². The van der Waals surface area contributed by atoms with E-state index in [-0.39, 0.29) is 17.3 Å². The van der Waals surface area contributed by atoms with Crippen LogP contribution in [0.25, 0.3) is 0 Å². The first-order chi connectivity index (χ1) is 18.6. The van der Waals surface area contributed by atoms with E-state index in [4.69, 9.17) is 0 Å². The molecule has 4 rings (SSSR count). The number of hydrogen-bond acceptors (Lipinski definition) is 6. The topological polar surface area (TPSA) is 92.3 Å². The average Bonchev–Trinajstić information content (AvgIpc) is 2.94. The van der Waals surface area contributed by atoms with Crippen LogP contribution in [-0.2, 0) is 0 Å². The predicted molar refractivity (Wildman–Crippen MR) is 133 cm³/mol. The number of aromatic nitrogens is 2. The van der Waals surface area contributed by atoms with Crippen LogP contribution in [0, 0.1) is 23.3 Å². The highest BCUT2D eigenvalue weighted by Crippen LogP contribution is 2.31. The molecule has 0 aliphatic carbocycles. The Hall–Kier alpha value is -3.99. The van der Waals surface area contributed by atoms with Gasteiger partial charge in [0.25, 0.3) is 5.91 Å². The maximum atomic E-state index is 15.1. The fourth-order valence-corrected chi connectivity index (χ4v) is 4.95. The summed E-state index contributed by atoms with van der Waals surface area (Å²) in [5, 5.41) is 2.63. The van der Waals surface area contributed by atoms with Gasteiger partial charge in [0.05, 0.1) is 28.4 Å². The molecule has 11 heteroatoms. The van der Waals surface area contributed by atoms with Crippen molar-refractivity contribution in [3.05, 3.63) is 94.1 Å². The molecule has 2 heterocycles. The van der Waals surface area contributed by atoms with Gasteiger partial charge in [-0.05, 0) is 49.8 Å². The molecular formula is C28H26F4N4O3. The van der Waals surface area contributed by atoms with Gasteiger partial charge in [0, 0.05) is 25.5 Å². The van der Waals surface area contributed by atoms with Crippen molar-refractivity contribution < 1.29 is 31.9 Å². The number of likely N-dealkylation sites (tertiary alicyclic amines) is 1. The third-order valence-electron chi connectivity index (χ3n) is 6.95. The molecular weight excluding hydrogens is 516 g/mol. The standard InChI is InChI=1S/C28H26F4N4O3/c1-3-20(36-10-8-17(9-11-36)16-4-6-19(29)7-5-16)35-28(39)23-22(27(38)18-12-33-14-34-13-18)21(15(2)37)24(30)26(32)25(23)31/h4-7,12-14,17,20H,3,8-11H2,1-2H3,(H,35,39). The first-order valence-corrected chi connectivity index (χ1v) is 12.4.